The van der Waals surface area contributed by atoms with Crippen LogP contribution in [0.5, 0.6) is 0 Å². The van der Waals surface area contributed by atoms with Crippen molar-refractivity contribution in [3.8, 4) is 11.5 Å². The molecule has 3 aromatic rings. The smallest absolute Gasteiger partial charge is 0.259 e. The lowest BCUT2D eigenvalue weighted by atomic mass is 9.95. The van der Waals surface area contributed by atoms with Crippen LogP contribution in [0.4, 0.5) is 0 Å². The SMILES string of the molecule is CCCn1ncc(C(=O)N2CCC(c3noc(-c4cccnc4)n3)CC2)c1C. The Balaban J connectivity index is 1.40. The number of carbonyl (C=O) groups is 1. The fourth-order valence-corrected chi connectivity index (χ4v) is 3.61. The molecule has 1 aliphatic rings. The van der Waals surface area contributed by atoms with Crippen LogP contribution in [0.2, 0.25) is 0 Å². The second kappa shape index (κ2) is 7.92. The summed E-state index contributed by atoms with van der Waals surface area (Å²) in [4.78, 5) is 23.4. The number of pyridine rings is 1. The summed E-state index contributed by atoms with van der Waals surface area (Å²) < 4.78 is 7.30. The summed E-state index contributed by atoms with van der Waals surface area (Å²) in [6.45, 7) is 6.25. The predicted molar refractivity (Wildman–Crippen MR) is 103 cm³/mol. The van der Waals surface area contributed by atoms with Crippen LogP contribution in [0.3, 0.4) is 0 Å². The van der Waals surface area contributed by atoms with E-state index < -0.39 is 0 Å². The summed E-state index contributed by atoms with van der Waals surface area (Å²) in [7, 11) is 0. The van der Waals surface area contributed by atoms with Crippen molar-refractivity contribution in [3.05, 3.63) is 47.8 Å². The summed E-state index contributed by atoms with van der Waals surface area (Å²) in [5.41, 5.74) is 2.45. The second-order valence-electron chi connectivity index (χ2n) is 7.13. The molecule has 0 bridgehead atoms. The van der Waals surface area contributed by atoms with E-state index in [-0.39, 0.29) is 11.8 Å². The highest BCUT2D eigenvalue weighted by atomic mass is 16.5. The molecule has 8 nitrogen and oxygen atoms in total. The summed E-state index contributed by atoms with van der Waals surface area (Å²) in [5, 5.41) is 8.50. The Labute approximate surface area is 163 Å². The molecule has 0 aliphatic carbocycles. The Bertz CT molecular complexity index is 941. The van der Waals surface area contributed by atoms with Crippen LogP contribution in [0.15, 0.2) is 35.2 Å². The van der Waals surface area contributed by atoms with E-state index in [0.29, 0.717) is 30.4 Å². The van der Waals surface area contributed by atoms with Crippen LogP contribution >= 0.6 is 0 Å². The highest BCUT2D eigenvalue weighted by Gasteiger charge is 2.29. The first-order valence-electron chi connectivity index (χ1n) is 9.73. The first-order valence-corrected chi connectivity index (χ1v) is 9.73. The van der Waals surface area contributed by atoms with E-state index in [0.717, 1.165) is 37.1 Å². The number of carbonyl (C=O) groups excluding carboxylic acids is 1. The molecule has 1 aliphatic heterocycles. The van der Waals surface area contributed by atoms with E-state index in [4.69, 9.17) is 4.52 Å². The van der Waals surface area contributed by atoms with Crippen LogP contribution in [-0.4, -0.2) is 48.8 Å². The fraction of sp³-hybridized carbons (Fsp3) is 0.450. The largest absolute Gasteiger partial charge is 0.338 e. The maximum absolute atomic E-state index is 12.9. The van der Waals surface area contributed by atoms with Crippen molar-refractivity contribution in [3.63, 3.8) is 0 Å². The van der Waals surface area contributed by atoms with Crippen molar-refractivity contribution < 1.29 is 9.32 Å². The Morgan fingerprint density at radius 3 is 2.82 bits per heavy atom. The molecule has 0 N–H and O–H groups in total. The Kier molecular flexibility index (Phi) is 5.18. The standard InChI is InChI=1S/C20H24N6O2/c1-3-9-26-14(2)17(13-22-26)20(27)25-10-6-15(7-11-25)18-23-19(28-24-18)16-5-4-8-21-12-16/h4-5,8,12-13,15H,3,6-7,9-11H2,1-2H3. The topological polar surface area (TPSA) is 89.9 Å². The minimum atomic E-state index is 0.0578. The molecule has 1 saturated heterocycles. The molecular weight excluding hydrogens is 356 g/mol. The van der Waals surface area contributed by atoms with Gasteiger partial charge in [-0.25, -0.2) is 0 Å². The van der Waals surface area contributed by atoms with Crippen LogP contribution in [0, 0.1) is 6.92 Å². The Morgan fingerprint density at radius 1 is 1.29 bits per heavy atom. The molecule has 1 fully saturated rings. The highest BCUT2D eigenvalue weighted by Crippen LogP contribution is 2.28. The Hall–Kier alpha value is -3.03. The van der Waals surface area contributed by atoms with Crippen molar-refractivity contribution in [2.24, 2.45) is 0 Å². The number of amides is 1. The van der Waals surface area contributed by atoms with E-state index in [1.807, 2.05) is 28.6 Å². The Morgan fingerprint density at radius 2 is 2.11 bits per heavy atom. The van der Waals surface area contributed by atoms with Gasteiger partial charge in [-0.05, 0) is 38.3 Å². The molecule has 8 heteroatoms. The van der Waals surface area contributed by atoms with Crippen molar-refractivity contribution in [1.82, 2.24) is 29.8 Å². The minimum absolute atomic E-state index is 0.0578. The summed E-state index contributed by atoms with van der Waals surface area (Å²) in [5.74, 6) is 1.45. The van der Waals surface area contributed by atoms with Gasteiger partial charge in [0.2, 0.25) is 0 Å². The summed E-state index contributed by atoms with van der Waals surface area (Å²) in [6.07, 6.45) is 7.74. The number of hydrogen-bond acceptors (Lipinski definition) is 6. The van der Waals surface area contributed by atoms with E-state index in [1.165, 1.54) is 0 Å². The van der Waals surface area contributed by atoms with Gasteiger partial charge in [0.1, 0.15) is 0 Å². The van der Waals surface area contributed by atoms with Gasteiger partial charge in [-0.1, -0.05) is 12.1 Å². The number of likely N-dealkylation sites (tertiary alicyclic amines) is 1. The van der Waals surface area contributed by atoms with Gasteiger partial charge in [-0.15, -0.1) is 0 Å². The lowest BCUT2D eigenvalue weighted by Gasteiger charge is -2.30. The van der Waals surface area contributed by atoms with Gasteiger partial charge in [0.05, 0.1) is 17.3 Å². The molecule has 146 valence electrons. The van der Waals surface area contributed by atoms with Gasteiger partial charge >= 0.3 is 0 Å². The normalized spacial score (nSPS) is 15.1. The summed E-state index contributed by atoms with van der Waals surface area (Å²) in [6, 6.07) is 3.74. The monoisotopic (exact) mass is 380 g/mol. The molecule has 0 aromatic carbocycles. The van der Waals surface area contributed by atoms with Gasteiger partial charge in [-0.2, -0.15) is 10.1 Å². The lowest BCUT2D eigenvalue weighted by molar-refractivity contribution is 0.0709. The second-order valence-corrected chi connectivity index (χ2v) is 7.13. The number of aryl methyl sites for hydroxylation is 1. The van der Waals surface area contributed by atoms with Gasteiger partial charge in [0.25, 0.3) is 11.8 Å². The average molecular weight is 380 g/mol. The van der Waals surface area contributed by atoms with Crippen molar-refractivity contribution in [2.45, 2.75) is 45.6 Å². The van der Waals surface area contributed by atoms with Crippen LogP contribution in [0.25, 0.3) is 11.5 Å². The third kappa shape index (κ3) is 3.54. The van der Waals surface area contributed by atoms with Crippen molar-refractivity contribution in [2.75, 3.05) is 13.1 Å². The van der Waals surface area contributed by atoms with Gasteiger partial charge in [0.15, 0.2) is 5.82 Å². The van der Waals surface area contributed by atoms with Gasteiger partial charge in [0, 0.05) is 43.6 Å². The number of rotatable bonds is 5. The van der Waals surface area contributed by atoms with E-state index in [2.05, 4.69) is 27.1 Å². The molecule has 0 saturated carbocycles. The van der Waals surface area contributed by atoms with E-state index >= 15 is 0 Å². The third-order valence-electron chi connectivity index (χ3n) is 5.27. The molecule has 0 radical (unpaired) electrons. The molecule has 1 amide bonds. The maximum atomic E-state index is 12.9. The molecule has 0 unspecified atom stereocenters. The molecule has 0 atom stereocenters. The quantitative estimate of drug-likeness (QED) is 0.676. The van der Waals surface area contributed by atoms with Crippen LogP contribution < -0.4 is 0 Å². The zero-order chi connectivity index (χ0) is 19.5. The molecule has 3 aromatic heterocycles. The zero-order valence-corrected chi connectivity index (χ0v) is 16.2. The van der Waals surface area contributed by atoms with Gasteiger partial charge in [-0.3, -0.25) is 14.5 Å². The molecular formula is C20H24N6O2. The molecule has 4 rings (SSSR count). The first-order chi connectivity index (χ1) is 13.7. The average Bonchev–Trinajstić information content (AvgIpc) is 3.37. The molecule has 28 heavy (non-hydrogen) atoms. The van der Waals surface area contributed by atoms with Gasteiger partial charge < -0.3 is 9.42 Å². The van der Waals surface area contributed by atoms with Crippen molar-refractivity contribution in [1.29, 1.82) is 0 Å². The zero-order valence-electron chi connectivity index (χ0n) is 16.2. The highest BCUT2D eigenvalue weighted by molar-refractivity contribution is 5.95. The number of hydrogen-bond donors (Lipinski definition) is 0. The minimum Gasteiger partial charge on any atom is -0.338 e. The number of aromatic nitrogens is 5. The van der Waals surface area contributed by atoms with E-state index in [9.17, 15) is 4.79 Å². The maximum Gasteiger partial charge on any atom is 0.259 e. The fourth-order valence-electron chi connectivity index (χ4n) is 3.61. The summed E-state index contributed by atoms with van der Waals surface area (Å²) >= 11 is 0. The van der Waals surface area contributed by atoms with Crippen LogP contribution in [-0.2, 0) is 6.54 Å². The first kappa shape index (κ1) is 18.3. The molecule has 4 heterocycles. The predicted octanol–water partition coefficient (Wildman–Crippen LogP) is 3.07. The number of nitrogens with zero attached hydrogens (tertiary/aromatic N) is 6. The molecule has 0 spiro atoms. The van der Waals surface area contributed by atoms with Crippen molar-refractivity contribution >= 4 is 5.91 Å². The lowest BCUT2D eigenvalue weighted by Crippen LogP contribution is -2.38. The number of piperidine rings is 1. The van der Waals surface area contributed by atoms with E-state index in [1.54, 1.807) is 18.6 Å². The van der Waals surface area contributed by atoms with Crippen LogP contribution in [0.1, 0.15) is 54.0 Å². The third-order valence-corrected chi connectivity index (χ3v) is 5.27.